The molecule has 3 aromatic carbocycles. The average molecular weight is 2010 g/mol. The van der Waals surface area contributed by atoms with E-state index in [0.717, 1.165) is 96.3 Å². The number of benzene rings is 3. The molecular weight excluding hydrogens is 1840 g/mol. The minimum Gasteiger partial charge on any atom is -0.497 e. The van der Waals surface area contributed by atoms with Crippen molar-refractivity contribution in [3.63, 3.8) is 0 Å². The summed E-state index contributed by atoms with van der Waals surface area (Å²) in [6, 6.07) is 13.6. The van der Waals surface area contributed by atoms with E-state index in [1.165, 1.54) is 50.4 Å². The molecular formula is C115H161N9O21. The Balaban J connectivity index is 0.000000205. The zero-order valence-corrected chi connectivity index (χ0v) is 86.4. The molecule has 0 N–H and O–H groups in total. The van der Waals surface area contributed by atoms with Crippen molar-refractivity contribution in [1.29, 1.82) is 0 Å². The topological polar surface area (TPSA) is 351 Å². The van der Waals surface area contributed by atoms with Crippen molar-refractivity contribution >= 4 is 105 Å². The molecule has 30 nitrogen and oxygen atoms in total. The van der Waals surface area contributed by atoms with E-state index in [9.17, 15) is 43.2 Å². The summed E-state index contributed by atoms with van der Waals surface area (Å²) in [6.07, 6.45) is 27.7. The lowest BCUT2D eigenvalue weighted by Crippen LogP contribution is -2.49. The first kappa shape index (κ1) is 114. The highest BCUT2D eigenvalue weighted by Gasteiger charge is 2.58. The van der Waals surface area contributed by atoms with Gasteiger partial charge >= 0.3 is 35.8 Å². The van der Waals surface area contributed by atoms with Gasteiger partial charge in [0.2, 0.25) is 35.4 Å². The molecule has 16 rings (SSSR count). The van der Waals surface area contributed by atoms with Crippen molar-refractivity contribution in [3.8, 4) is 34.9 Å². The lowest BCUT2D eigenvalue weighted by atomic mass is 9.77. The van der Waals surface area contributed by atoms with E-state index < -0.39 is 106 Å². The molecule has 0 spiro atoms. The molecule has 4 aliphatic heterocycles. The van der Waals surface area contributed by atoms with E-state index in [1.807, 2.05) is 132 Å². The maximum absolute atomic E-state index is 14.5. The van der Waals surface area contributed by atoms with E-state index in [0.29, 0.717) is 127 Å². The molecule has 145 heavy (non-hydrogen) atoms. The summed E-state index contributed by atoms with van der Waals surface area (Å²) in [5.74, 6) is -0.307. The van der Waals surface area contributed by atoms with Crippen LogP contribution in [0.2, 0.25) is 0 Å². The molecule has 10 aliphatic rings. The molecule has 9 fully saturated rings. The summed E-state index contributed by atoms with van der Waals surface area (Å²) in [6.45, 7) is 38.9. The molecule has 3 amide bonds. The SMILES string of the molecule is C.C.C.C=CCCC[C@@H]1[C@@H]2CC[C@@H](C2)[C@H]1OC(=O)C[C@H](C(=O)N1C[C@H](Oc2nc3cc(OC)ccc3nc2C=C)[C@@H](C)[C@H]1C(=O)OC)C(C)(C)C.C=CCCC[C@H]1[C@H]2CC[C@H](C2)[C@@H]1OC(=O)C[C@H](C(=O)N1C[C@H](Oc2nc3cc(OC)ccc3nc2C=C)[C@@H](C)[C@H]1C(=O)OC)C(C)(C)C.COC(=O)[C@@H]1[C@H](C)[C@@H]2CN1C(=O)[C@H](C(C)(C)C)CC(=O)O[C@@H]1[C@H]3CC[C@H](C3)[C@H]1CCC/C=C/c1nc3ccc(OC)cc3nc1O2. The van der Waals surface area contributed by atoms with Gasteiger partial charge in [-0.2, -0.15) is 0 Å². The van der Waals surface area contributed by atoms with Gasteiger partial charge in [-0.1, -0.05) is 137 Å². The number of rotatable bonds is 28. The number of amides is 3. The van der Waals surface area contributed by atoms with Crippen LogP contribution in [0.4, 0.5) is 0 Å². The lowest BCUT2D eigenvalue weighted by Gasteiger charge is -2.35. The predicted octanol–water partition coefficient (Wildman–Crippen LogP) is 20.4. The van der Waals surface area contributed by atoms with Gasteiger partial charge in [-0.15, -0.1) is 13.2 Å². The Morgan fingerprint density at radius 3 is 1.34 bits per heavy atom. The fraction of sp³-hybridized carbons (Fsp3) is 0.626. The van der Waals surface area contributed by atoms with E-state index in [1.54, 1.807) is 62.6 Å². The van der Waals surface area contributed by atoms with Crippen LogP contribution in [-0.4, -0.2) is 215 Å². The Hall–Kier alpha value is -11.6. The third-order valence-corrected chi connectivity index (χ3v) is 32.4. The Morgan fingerprint density at radius 2 is 0.910 bits per heavy atom. The smallest absolute Gasteiger partial charge is 0.329 e. The number of carbonyl (C=O) groups excluding carboxylic acids is 9. The molecule has 7 heterocycles. The van der Waals surface area contributed by atoms with Crippen LogP contribution in [0.1, 0.15) is 257 Å². The van der Waals surface area contributed by atoms with Crippen LogP contribution in [0.15, 0.2) is 99.1 Å². The molecule has 6 saturated carbocycles. The van der Waals surface area contributed by atoms with Gasteiger partial charge in [-0.25, -0.2) is 44.3 Å². The maximum Gasteiger partial charge on any atom is 0.329 e. The molecule has 6 aromatic rings. The van der Waals surface area contributed by atoms with Gasteiger partial charge in [-0.3, -0.25) is 28.8 Å². The number of fused-ring (bicyclic) bond motifs is 15. The highest BCUT2D eigenvalue weighted by atomic mass is 16.6. The first-order chi connectivity index (χ1) is 67.8. The Morgan fingerprint density at radius 1 is 0.490 bits per heavy atom. The summed E-state index contributed by atoms with van der Waals surface area (Å²) in [5, 5.41) is 0. The molecule has 3 saturated heterocycles. The van der Waals surface area contributed by atoms with Gasteiger partial charge in [0.15, 0.2) is 0 Å². The standard InChI is InChI=1S/2C38H51N3O7.C36H47N3O7.3CH4/c2*1-9-11-12-13-26-23-14-15-24(18-23)34(26)48-32(42)20-27(38(4,5)6)36(43)41-21-31(22(3)33(41)37(44)46-8)47-35-28(10-2)39-29-17-16-25(45-7)19-30(29)40-35;1-20-29-19-39(31(20)35(42)44-6)34(41)25(36(2,3)4)18-30(40)46-32-22-13-12-21(16-22)24(32)10-8-7-9-11-27-33(45-29)38-28-17-23(43-5)14-15-26(28)37-27;;;/h2*9-10,16-17,19,22-24,26-27,31,33-34H,1-2,11-15,18,20-21H2,3-8H3;9,11,14-15,17,20-22,24-25,29,31-32H,7-8,10,12-13,16,18-19H2,1-6H3;3*1H4/b;;11-9+;;;/t22-,23+,24-,26+,27-,31+,33+,34+;22-,23-,24+,26-,27-,31+,33+,34-;20-,21-,22+,24-,25-,29+,31+,32-;;;/m111.../s1. The molecule has 8 bridgehead atoms. The Bertz CT molecular complexity index is 5440. The fourth-order valence-corrected chi connectivity index (χ4v) is 24.4. The van der Waals surface area contributed by atoms with Crippen molar-refractivity contribution < 1.29 is 100.0 Å². The largest absolute Gasteiger partial charge is 0.497 e. The summed E-state index contributed by atoms with van der Waals surface area (Å²) < 4.78 is 69.8. The normalized spacial score (nSPS) is 28.2. The van der Waals surface area contributed by atoms with Crippen LogP contribution >= 0.6 is 0 Å². The number of esters is 6. The highest BCUT2D eigenvalue weighted by molar-refractivity contribution is 5.93. The molecule has 24 atom stereocenters. The number of methoxy groups -OCH3 is 6. The number of carbonyl (C=O) groups is 9. The summed E-state index contributed by atoms with van der Waals surface area (Å²) >= 11 is 0. The maximum atomic E-state index is 14.5. The van der Waals surface area contributed by atoms with Crippen LogP contribution in [0.25, 0.3) is 51.3 Å². The summed E-state index contributed by atoms with van der Waals surface area (Å²) in [5.41, 5.74) is 3.50. The first-order valence-electron chi connectivity index (χ1n) is 51.2. The van der Waals surface area contributed by atoms with E-state index in [2.05, 4.69) is 42.4 Å². The van der Waals surface area contributed by atoms with Crippen molar-refractivity contribution in [2.75, 3.05) is 62.3 Å². The van der Waals surface area contributed by atoms with Gasteiger partial charge in [-0.05, 0) is 240 Å². The van der Waals surface area contributed by atoms with Crippen LogP contribution in [0.3, 0.4) is 0 Å². The van der Waals surface area contributed by atoms with Crippen molar-refractivity contribution in [2.45, 2.75) is 295 Å². The number of hydrogen-bond donors (Lipinski definition) is 0. The van der Waals surface area contributed by atoms with Gasteiger partial charge in [0, 0.05) is 36.0 Å². The second-order valence-corrected chi connectivity index (χ2v) is 44.1. The van der Waals surface area contributed by atoms with E-state index in [-0.39, 0.29) is 127 Å². The predicted molar refractivity (Wildman–Crippen MR) is 558 cm³/mol. The quantitative estimate of drug-likeness (QED) is 0.0190. The van der Waals surface area contributed by atoms with Crippen molar-refractivity contribution in [2.24, 2.45) is 105 Å². The van der Waals surface area contributed by atoms with Crippen LogP contribution < -0.4 is 28.4 Å². The molecule has 3 aromatic heterocycles. The second-order valence-electron chi connectivity index (χ2n) is 44.1. The minimum absolute atomic E-state index is 0. The van der Waals surface area contributed by atoms with Crippen LogP contribution in [0, 0.1) is 105 Å². The molecule has 6 aliphatic carbocycles. The number of likely N-dealkylation sites (tertiary alicyclic amines) is 2. The molecule has 792 valence electrons. The Labute approximate surface area is 858 Å². The van der Waals surface area contributed by atoms with E-state index >= 15 is 0 Å². The average Bonchev–Trinajstić information content (AvgIpc) is 1.63. The van der Waals surface area contributed by atoms with Crippen molar-refractivity contribution in [3.05, 3.63) is 116 Å². The second kappa shape index (κ2) is 48.8. The van der Waals surface area contributed by atoms with Gasteiger partial charge in [0.1, 0.15) is 89.1 Å². The van der Waals surface area contributed by atoms with Crippen LogP contribution in [0.5, 0.6) is 34.9 Å². The van der Waals surface area contributed by atoms with Gasteiger partial charge < -0.3 is 71.5 Å². The number of nitrogens with zero attached hydrogens (tertiary/aromatic N) is 9. The fourth-order valence-electron chi connectivity index (χ4n) is 24.4. The lowest BCUT2D eigenvalue weighted by molar-refractivity contribution is -0.162. The zero-order chi connectivity index (χ0) is 102. The third-order valence-electron chi connectivity index (χ3n) is 32.4. The first-order valence-corrected chi connectivity index (χ1v) is 51.2. The third kappa shape index (κ3) is 25.3. The number of aromatic nitrogens is 6. The zero-order valence-electron chi connectivity index (χ0n) is 86.4. The molecule has 30 heteroatoms. The number of ether oxygens (including phenoxy) is 12. The molecule has 0 unspecified atom stereocenters. The highest BCUT2D eigenvalue weighted by Crippen LogP contribution is 2.56. The molecule has 0 radical (unpaired) electrons. The number of hydrogen-bond acceptors (Lipinski definition) is 27. The van der Waals surface area contributed by atoms with Crippen LogP contribution in [-0.2, 0) is 71.6 Å². The van der Waals surface area contributed by atoms with Gasteiger partial charge in [0.25, 0.3) is 0 Å². The Kier molecular flexibility index (Phi) is 38.3. The van der Waals surface area contributed by atoms with Gasteiger partial charge in [0.05, 0.1) is 132 Å². The summed E-state index contributed by atoms with van der Waals surface area (Å²) in [4.78, 5) is 157. The summed E-state index contributed by atoms with van der Waals surface area (Å²) in [7, 11) is 8.70. The number of allylic oxidation sites excluding steroid dienone is 3. The monoisotopic (exact) mass is 2000 g/mol. The van der Waals surface area contributed by atoms with E-state index in [4.69, 9.17) is 76.8 Å². The van der Waals surface area contributed by atoms with Crippen molar-refractivity contribution in [1.82, 2.24) is 44.6 Å². The number of unbranched alkanes of at least 4 members (excludes halogenated alkanes) is 2. The minimum atomic E-state index is -0.908.